The average molecular weight is 294 g/mol. The Morgan fingerprint density at radius 3 is 2.90 bits per heavy atom. The lowest BCUT2D eigenvalue weighted by atomic mass is 10.3. The summed E-state index contributed by atoms with van der Waals surface area (Å²) in [5, 5.41) is 26.8. The van der Waals surface area contributed by atoms with Crippen LogP contribution in [0.5, 0.6) is 0 Å². The van der Waals surface area contributed by atoms with Crippen LogP contribution in [-0.4, -0.2) is 30.7 Å². The van der Waals surface area contributed by atoms with Crippen molar-refractivity contribution in [3.05, 3.63) is 40.3 Å². The molecule has 0 fully saturated rings. The fourth-order valence-corrected chi connectivity index (χ4v) is 2.27. The lowest BCUT2D eigenvalue weighted by Crippen LogP contribution is -2.17. The summed E-state index contributed by atoms with van der Waals surface area (Å²) in [5.41, 5.74) is 4.91. The number of oxime groups is 1. The van der Waals surface area contributed by atoms with E-state index in [1.165, 1.54) is 23.9 Å². The number of nitrogens with zero attached hydrogens (tertiary/aromatic N) is 5. The summed E-state index contributed by atoms with van der Waals surface area (Å²) in [6.07, 6.45) is 3.41. The highest BCUT2D eigenvalue weighted by Crippen LogP contribution is 2.28. The van der Waals surface area contributed by atoms with E-state index in [0.29, 0.717) is 5.03 Å². The standard InChI is InChI=1S/C10H10N6O3S/c1-15-5-6(4-12-15)20-8-3-2-7(16(18)19)9(13-8)10(11)14-17/h2-5,17H,1H3,(H2,11,14). The highest BCUT2D eigenvalue weighted by atomic mass is 32.2. The van der Waals surface area contributed by atoms with Crippen molar-refractivity contribution < 1.29 is 10.1 Å². The van der Waals surface area contributed by atoms with E-state index < -0.39 is 10.8 Å². The van der Waals surface area contributed by atoms with E-state index in [-0.39, 0.29) is 11.4 Å². The third-order valence-electron chi connectivity index (χ3n) is 2.30. The molecule has 0 bridgehead atoms. The number of amidine groups is 1. The van der Waals surface area contributed by atoms with Gasteiger partial charge in [-0.2, -0.15) is 5.10 Å². The zero-order valence-electron chi connectivity index (χ0n) is 10.3. The van der Waals surface area contributed by atoms with Gasteiger partial charge in [0.15, 0.2) is 11.5 Å². The fraction of sp³-hybridized carbons (Fsp3) is 0.100. The second-order valence-corrected chi connectivity index (χ2v) is 4.81. The van der Waals surface area contributed by atoms with Gasteiger partial charge in [0.25, 0.3) is 5.69 Å². The molecule has 0 aromatic carbocycles. The van der Waals surface area contributed by atoms with Crippen molar-refractivity contribution in [2.24, 2.45) is 17.9 Å². The van der Waals surface area contributed by atoms with Crippen molar-refractivity contribution in [2.45, 2.75) is 9.92 Å². The number of nitrogens with two attached hydrogens (primary N) is 1. The normalized spacial score (nSPS) is 11.6. The second-order valence-electron chi connectivity index (χ2n) is 3.71. The predicted octanol–water partition coefficient (Wildman–Crippen LogP) is 0.969. The minimum Gasteiger partial charge on any atom is -0.409 e. The summed E-state index contributed by atoms with van der Waals surface area (Å²) < 4.78 is 1.62. The van der Waals surface area contributed by atoms with Crippen LogP contribution in [-0.2, 0) is 7.05 Å². The third-order valence-corrected chi connectivity index (χ3v) is 3.18. The largest absolute Gasteiger partial charge is 0.409 e. The van der Waals surface area contributed by atoms with E-state index in [2.05, 4.69) is 15.2 Å². The minimum atomic E-state index is -0.640. The molecule has 2 heterocycles. The summed E-state index contributed by atoms with van der Waals surface area (Å²) in [6, 6.07) is 2.75. The van der Waals surface area contributed by atoms with Crippen molar-refractivity contribution in [3.8, 4) is 0 Å². The van der Waals surface area contributed by atoms with E-state index in [1.807, 2.05) is 0 Å². The Bertz CT molecular complexity index is 683. The monoisotopic (exact) mass is 294 g/mol. The van der Waals surface area contributed by atoms with Gasteiger partial charge in [-0.1, -0.05) is 16.9 Å². The molecule has 2 aromatic heterocycles. The molecule has 0 saturated heterocycles. The van der Waals surface area contributed by atoms with Crippen molar-refractivity contribution in [3.63, 3.8) is 0 Å². The number of aromatic nitrogens is 3. The molecular formula is C10H10N6O3S. The van der Waals surface area contributed by atoms with Crippen LogP contribution in [0.25, 0.3) is 0 Å². The summed E-state index contributed by atoms with van der Waals surface area (Å²) in [5.74, 6) is -0.412. The van der Waals surface area contributed by atoms with Crippen LogP contribution in [0.3, 0.4) is 0 Å². The highest BCUT2D eigenvalue weighted by Gasteiger charge is 2.20. The molecule has 0 aliphatic carbocycles. The Morgan fingerprint density at radius 1 is 1.60 bits per heavy atom. The van der Waals surface area contributed by atoms with Crippen LogP contribution < -0.4 is 5.73 Å². The first-order chi connectivity index (χ1) is 9.51. The fourth-order valence-electron chi connectivity index (χ4n) is 1.45. The first-order valence-corrected chi connectivity index (χ1v) is 6.12. The Morgan fingerprint density at radius 2 is 2.35 bits per heavy atom. The summed E-state index contributed by atoms with van der Waals surface area (Å²) in [4.78, 5) is 15.1. The van der Waals surface area contributed by atoms with E-state index >= 15 is 0 Å². The molecule has 0 aliphatic heterocycles. The first kappa shape index (κ1) is 13.8. The smallest absolute Gasteiger partial charge is 0.298 e. The second kappa shape index (κ2) is 5.57. The van der Waals surface area contributed by atoms with Gasteiger partial charge in [-0.25, -0.2) is 4.98 Å². The molecule has 0 aliphatic rings. The zero-order valence-corrected chi connectivity index (χ0v) is 11.1. The summed E-state index contributed by atoms with van der Waals surface area (Å²) >= 11 is 1.26. The van der Waals surface area contributed by atoms with Gasteiger partial charge in [0.05, 0.1) is 16.0 Å². The topological polar surface area (TPSA) is 132 Å². The number of nitro groups is 1. The number of aryl methyl sites for hydroxylation is 1. The quantitative estimate of drug-likeness (QED) is 0.282. The molecular weight excluding hydrogens is 284 g/mol. The van der Waals surface area contributed by atoms with E-state index in [4.69, 9.17) is 10.9 Å². The highest BCUT2D eigenvalue weighted by molar-refractivity contribution is 7.99. The molecule has 9 nitrogen and oxygen atoms in total. The Balaban J connectivity index is 2.39. The van der Waals surface area contributed by atoms with Gasteiger partial charge in [-0.05, 0) is 6.07 Å². The SMILES string of the molecule is Cn1cc(Sc2ccc([N+](=O)[O-])c(/C(N)=N/O)n2)cn1. The van der Waals surface area contributed by atoms with Gasteiger partial charge in [-0.15, -0.1) is 0 Å². The number of pyridine rings is 1. The van der Waals surface area contributed by atoms with Crippen LogP contribution in [0.1, 0.15) is 5.69 Å². The maximum atomic E-state index is 10.9. The van der Waals surface area contributed by atoms with Crippen molar-refractivity contribution in [2.75, 3.05) is 0 Å². The molecule has 0 radical (unpaired) electrons. The number of hydrogen-bond donors (Lipinski definition) is 2. The van der Waals surface area contributed by atoms with Crippen LogP contribution in [0.2, 0.25) is 0 Å². The third kappa shape index (κ3) is 2.85. The molecule has 0 amide bonds. The average Bonchev–Trinajstić information content (AvgIpc) is 2.82. The molecule has 0 unspecified atom stereocenters. The Kier molecular flexibility index (Phi) is 3.84. The first-order valence-electron chi connectivity index (χ1n) is 5.31. The van der Waals surface area contributed by atoms with Crippen LogP contribution >= 0.6 is 11.8 Å². The van der Waals surface area contributed by atoms with E-state index in [9.17, 15) is 10.1 Å². The number of hydrogen-bond acceptors (Lipinski definition) is 7. The molecule has 104 valence electrons. The van der Waals surface area contributed by atoms with Crippen molar-refractivity contribution in [1.29, 1.82) is 0 Å². The molecule has 20 heavy (non-hydrogen) atoms. The molecule has 2 aromatic rings. The van der Waals surface area contributed by atoms with E-state index in [1.54, 1.807) is 24.1 Å². The summed E-state index contributed by atoms with van der Waals surface area (Å²) in [7, 11) is 1.77. The van der Waals surface area contributed by atoms with Crippen LogP contribution in [0.15, 0.2) is 39.6 Å². The van der Waals surface area contributed by atoms with Crippen molar-refractivity contribution in [1.82, 2.24) is 14.8 Å². The zero-order chi connectivity index (χ0) is 14.7. The lowest BCUT2D eigenvalue weighted by Gasteiger charge is -2.03. The van der Waals surface area contributed by atoms with Crippen LogP contribution in [0.4, 0.5) is 5.69 Å². The molecule has 0 atom stereocenters. The van der Waals surface area contributed by atoms with Gasteiger partial charge in [0.1, 0.15) is 5.03 Å². The van der Waals surface area contributed by atoms with Gasteiger partial charge in [0.2, 0.25) is 0 Å². The predicted molar refractivity (Wildman–Crippen MR) is 70.7 cm³/mol. The molecule has 10 heteroatoms. The molecule has 0 spiro atoms. The maximum absolute atomic E-state index is 10.9. The van der Waals surface area contributed by atoms with Gasteiger partial charge in [0, 0.05) is 19.3 Å². The van der Waals surface area contributed by atoms with Gasteiger partial charge < -0.3 is 10.9 Å². The maximum Gasteiger partial charge on any atom is 0.298 e. The van der Waals surface area contributed by atoms with Gasteiger partial charge in [-0.3, -0.25) is 14.8 Å². The minimum absolute atomic E-state index is 0.175. The molecule has 2 rings (SSSR count). The lowest BCUT2D eigenvalue weighted by molar-refractivity contribution is -0.385. The molecule has 0 saturated carbocycles. The van der Waals surface area contributed by atoms with Crippen LogP contribution in [0, 0.1) is 10.1 Å². The summed E-state index contributed by atoms with van der Waals surface area (Å²) in [6.45, 7) is 0. The Hall–Kier alpha value is -2.62. The number of rotatable bonds is 4. The van der Waals surface area contributed by atoms with E-state index in [0.717, 1.165) is 4.90 Å². The Labute approximate surface area is 117 Å². The van der Waals surface area contributed by atoms with Crippen molar-refractivity contribution >= 4 is 23.3 Å². The molecule has 3 N–H and O–H groups in total. The van der Waals surface area contributed by atoms with Gasteiger partial charge >= 0.3 is 0 Å².